The predicted octanol–water partition coefficient (Wildman–Crippen LogP) is 2.50. The van der Waals surface area contributed by atoms with Crippen molar-refractivity contribution in [2.75, 3.05) is 6.54 Å². The molecular formula is C13H16F3N5OS. The molecule has 0 aliphatic heterocycles. The van der Waals surface area contributed by atoms with Gasteiger partial charge in [0, 0.05) is 49.4 Å². The van der Waals surface area contributed by atoms with E-state index in [0.29, 0.717) is 6.54 Å². The van der Waals surface area contributed by atoms with E-state index in [1.54, 1.807) is 6.20 Å². The number of hydrogen-bond acceptors (Lipinski definition) is 4. The molecule has 0 saturated heterocycles. The summed E-state index contributed by atoms with van der Waals surface area (Å²) >= 11 is 1.48. The maximum Gasteiger partial charge on any atom is 0.435 e. The van der Waals surface area contributed by atoms with Crippen molar-refractivity contribution in [2.45, 2.75) is 25.6 Å². The summed E-state index contributed by atoms with van der Waals surface area (Å²) in [5.74, 6) is 0.0323. The van der Waals surface area contributed by atoms with E-state index in [0.717, 1.165) is 9.69 Å². The summed E-state index contributed by atoms with van der Waals surface area (Å²) < 4.78 is 39.4. The van der Waals surface area contributed by atoms with Gasteiger partial charge in [-0.15, -0.1) is 11.3 Å². The number of thiazole rings is 1. The van der Waals surface area contributed by atoms with E-state index >= 15 is 0 Å². The molecule has 0 aromatic carbocycles. The first-order valence-corrected chi connectivity index (χ1v) is 7.66. The molecule has 0 radical (unpaired) electrons. The van der Waals surface area contributed by atoms with Crippen LogP contribution in [0.1, 0.15) is 29.1 Å². The molecule has 0 unspecified atom stereocenters. The van der Waals surface area contributed by atoms with Crippen LogP contribution in [0.15, 0.2) is 17.8 Å². The molecule has 1 atom stereocenters. The third-order valence-electron chi connectivity index (χ3n) is 3.05. The minimum Gasteiger partial charge on any atom is -0.337 e. The predicted molar refractivity (Wildman–Crippen MR) is 79.0 cm³/mol. The Balaban J connectivity index is 1.85. The van der Waals surface area contributed by atoms with E-state index in [9.17, 15) is 18.0 Å². The highest BCUT2D eigenvalue weighted by Gasteiger charge is 2.36. The summed E-state index contributed by atoms with van der Waals surface area (Å²) in [6.07, 6.45) is -1.63. The summed E-state index contributed by atoms with van der Waals surface area (Å²) in [6.45, 7) is 2.00. The lowest BCUT2D eigenvalue weighted by Crippen LogP contribution is -2.37. The highest BCUT2D eigenvalue weighted by Crippen LogP contribution is 2.30. The number of aryl methyl sites for hydroxylation is 1. The number of aromatic nitrogens is 3. The summed E-state index contributed by atoms with van der Waals surface area (Å²) in [7, 11) is 1.40. The quantitative estimate of drug-likeness (QED) is 0.873. The zero-order chi connectivity index (χ0) is 17.0. The van der Waals surface area contributed by atoms with Crippen molar-refractivity contribution in [3.05, 3.63) is 34.0 Å². The largest absolute Gasteiger partial charge is 0.435 e. The van der Waals surface area contributed by atoms with Crippen LogP contribution in [0.3, 0.4) is 0 Å². The summed E-state index contributed by atoms with van der Waals surface area (Å²) in [5.41, 5.74) is -1.07. The van der Waals surface area contributed by atoms with Gasteiger partial charge < -0.3 is 10.6 Å². The molecule has 10 heteroatoms. The van der Waals surface area contributed by atoms with Gasteiger partial charge >= 0.3 is 12.2 Å². The normalized spacial score (nSPS) is 12.9. The minimum absolute atomic E-state index is 0.0323. The molecule has 2 aromatic rings. The molecule has 0 aliphatic carbocycles. The maximum absolute atomic E-state index is 12.8. The molecule has 23 heavy (non-hydrogen) atoms. The second kappa shape index (κ2) is 6.99. The van der Waals surface area contributed by atoms with Gasteiger partial charge in [0.2, 0.25) is 0 Å². The Bertz CT molecular complexity index is 653. The zero-order valence-electron chi connectivity index (χ0n) is 12.5. The fourth-order valence-electron chi connectivity index (χ4n) is 1.95. The van der Waals surface area contributed by atoms with E-state index in [2.05, 4.69) is 20.7 Å². The Kier molecular flexibility index (Phi) is 5.24. The number of rotatable bonds is 5. The number of hydrogen-bond donors (Lipinski definition) is 2. The monoisotopic (exact) mass is 347 g/mol. The van der Waals surface area contributed by atoms with Gasteiger partial charge in [0.1, 0.15) is 0 Å². The number of amides is 2. The average molecular weight is 347 g/mol. The van der Waals surface area contributed by atoms with Gasteiger partial charge in [-0.05, 0) is 0 Å². The molecule has 2 heterocycles. The maximum atomic E-state index is 12.8. The minimum atomic E-state index is -4.55. The van der Waals surface area contributed by atoms with Crippen molar-refractivity contribution < 1.29 is 18.0 Å². The van der Waals surface area contributed by atoms with Crippen LogP contribution in [0.4, 0.5) is 18.0 Å². The Labute approximate surface area is 134 Å². The van der Waals surface area contributed by atoms with Crippen LogP contribution in [0, 0.1) is 0 Å². The average Bonchev–Trinajstić information content (AvgIpc) is 3.11. The lowest BCUT2D eigenvalue weighted by molar-refractivity contribution is -0.142. The molecule has 0 aliphatic rings. The van der Waals surface area contributed by atoms with Crippen LogP contribution in [-0.2, 0) is 19.8 Å². The Morgan fingerprint density at radius 2 is 2.17 bits per heavy atom. The lowest BCUT2D eigenvalue weighted by Gasteiger charge is -2.11. The third-order valence-corrected chi connectivity index (χ3v) is 4.06. The van der Waals surface area contributed by atoms with Crippen LogP contribution in [0.5, 0.6) is 0 Å². The third kappa shape index (κ3) is 4.68. The van der Waals surface area contributed by atoms with Gasteiger partial charge in [0.25, 0.3) is 0 Å². The molecule has 0 bridgehead atoms. The SMILES string of the molecule is C[C@H](CNC(=O)NCc1cn(C)nc1C(F)(F)F)c1nccs1. The number of nitrogens with one attached hydrogen (secondary N) is 2. The number of halogens is 3. The van der Waals surface area contributed by atoms with Gasteiger partial charge in [-0.3, -0.25) is 4.68 Å². The highest BCUT2D eigenvalue weighted by atomic mass is 32.1. The zero-order valence-corrected chi connectivity index (χ0v) is 13.3. The van der Waals surface area contributed by atoms with Gasteiger partial charge in [-0.1, -0.05) is 6.92 Å². The fraction of sp³-hybridized carbons (Fsp3) is 0.462. The van der Waals surface area contributed by atoms with Crippen molar-refractivity contribution in [1.29, 1.82) is 0 Å². The first-order valence-electron chi connectivity index (χ1n) is 6.78. The van der Waals surface area contributed by atoms with E-state index in [1.165, 1.54) is 24.6 Å². The number of carbonyl (C=O) groups is 1. The number of nitrogens with zero attached hydrogens (tertiary/aromatic N) is 3. The molecule has 2 aromatic heterocycles. The Hall–Kier alpha value is -2.10. The van der Waals surface area contributed by atoms with E-state index in [4.69, 9.17) is 0 Å². The first kappa shape index (κ1) is 17.3. The molecule has 126 valence electrons. The number of alkyl halides is 3. The summed E-state index contributed by atoms with van der Waals surface area (Å²) in [5, 5.41) is 11.1. The lowest BCUT2D eigenvalue weighted by atomic mass is 10.2. The highest BCUT2D eigenvalue weighted by molar-refractivity contribution is 7.09. The van der Waals surface area contributed by atoms with Crippen LogP contribution < -0.4 is 10.6 Å². The molecule has 0 saturated carbocycles. The molecule has 0 spiro atoms. The van der Waals surface area contributed by atoms with Crippen molar-refractivity contribution in [3.8, 4) is 0 Å². The molecular weight excluding hydrogens is 331 g/mol. The van der Waals surface area contributed by atoms with Gasteiger partial charge in [0.05, 0.1) is 5.01 Å². The van der Waals surface area contributed by atoms with Crippen LogP contribution in [-0.4, -0.2) is 27.3 Å². The van der Waals surface area contributed by atoms with Gasteiger partial charge in [0.15, 0.2) is 5.69 Å². The van der Waals surface area contributed by atoms with E-state index < -0.39 is 17.9 Å². The van der Waals surface area contributed by atoms with E-state index in [-0.39, 0.29) is 18.0 Å². The standard InChI is InChI=1S/C13H16F3N5OS/c1-8(11-17-3-4-23-11)5-18-12(22)19-6-9-7-21(2)20-10(9)13(14,15)16/h3-4,7-8H,5-6H2,1-2H3,(H2,18,19,22)/t8-/m1/s1. The van der Waals surface area contributed by atoms with E-state index in [1.807, 2.05) is 12.3 Å². The van der Waals surface area contributed by atoms with Crippen molar-refractivity contribution in [2.24, 2.45) is 7.05 Å². The Morgan fingerprint density at radius 3 is 2.78 bits per heavy atom. The van der Waals surface area contributed by atoms with Crippen molar-refractivity contribution >= 4 is 17.4 Å². The molecule has 0 fully saturated rings. The van der Waals surface area contributed by atoms with Gasteiger partial charge in [-0.2, -0.15) is 18.3 Å². The second-order valence-electron chi connectivity index (χ2n) is 5.01. The Morgan fingerprint density at radius 1 is 1.43 bits per heavy atom. The van der Waals surface area contributed by atoms with Crippen LogP contribution in [0.2, 0.25) is 0 Å². The first-order chi connectivity index (χ1) is 10.8. The topological polar surface area (TPSA) is 71.8 Å². The number of carbonyl (C=O) groups excluding carboxylic acids is 1. The molecule has 2 amide bonds. The van der Waals surface area contributed by atoms with Gasteiger partial charge in [-0.25, -0.2) is 9.78 Å². The fourth-order valence-corrected chi connectivity index (χ4v) is 2.65. The second-order valence-corrected chi connectivity index (χ2v) is 5.94. The smallest absolute Gasteiger partial charge is 0.337 e. The molecule has 2 N–H and O–H groups in total. The van der Waals surface area contributed by atoms with Crippen molar-refractivity contribution in [3.63, 3.8) is 0 Å². The van der Waals surface area contributed by atoms with Crippen LogP contribution in [0.25, 0.3) is 0 Å². The summed E-state index contributed by atoms with van der Waals surface area (Å²) in [4.78, 5) is 15.9. The summed E-state index contributed by atoms with van der Waals surface area (Å²) in [6, 6.07) is -0.537. The number of urea groups is 1. The molecule has 6 nitrogen and oxygen atoms in total. The van der Waals surface area contributed by atoms with Crippen LogP contribution >= 0.6 is 11.3 Å². The van der Waals surface area contributed by atoms with Crippen molar-refractivity contribution in [1.82, 2.24) is 25.4 Å². The molecule has 2 rings (SSSR count).